The van der Waals surface area contributed by atoms with Gasteiger partial charge in [-0.15, -0.1) is 0 Å². The predicted molar refractivity (Wildman–Crippen MR) is 119 cm³/mol. The number of hydrogen-bond donors (Lipinski definition) is 2. The van der Waals surface area contributed by atoms with Gasteiger partial charge >= 0.3 is 0 Å². The summed E-state index contributed by atoms with van der Waals surface area (Å²) in [7, 11) is 0. The minimum absolute atomic E-state index is 0.0248. The van der Waals surface area contributed by atoms with Gasteiger partial charge in [0.1, 0.15) is 34.2 Å². The normalized spacial score (nSPS) is 14.1. The number of fused-ring (bicyclic) bond motifs is 1. The quantitative estimate of drug-likeness (QED) is 0.496. The van der Waals surface area contributed by atoms with Crippen LogP contribution in [0.1, 0.15) is 15.9 Å². The number of rotatable bonds is 4. The minimum atomic E-state index is -0.499. The van der Waals surface area contributed by atoms with Crippen LogP contribution in [0, 0.1) is 11.6 Å². The maximum absolute atomic E-state index is 14.8. The second kappa shape index (κ2) is 8.55. The summed E-state index contributed by atoms with van der Waals surface area (Å²) in [5, 5.41) is 8.14. The molecule has 0 saturated carbocycles. The number of carbonyl (C=O) groups is 1. The molecule has 0 radical (unpaired) electrons. The SMILES string of the molecule is Nc1nc(-c2nn(Cc3ccccc3F)c3c(F)cccc23)ncc1C(=O)N1CCNCC1. The van der Waals surface area contributed by atoms with E-state index in [-0.39, 0.29) is 35.2 Å². The Balaban J connectivity index is 1.55. The topological polar surface area (TPSA) is 102 Å². The molecule has 3 heterocycles. The molecule has 2 aromatic carbocycles. The van der Waals surface area contributed by atoms with Gasteiger partial charge in [-0.2, -0.15) is 5.10 Å². The van der Waals surface area contributed by atoms with Crippen LogP contribution < -0.4 is 11.1 Å². The third kappa shape index (κ3) is 3.89. The van der Waals surface area contributed by atoms with Crippen LogP contribution in [0.3, 0.4) is 0 Å². The zero-order chi connectivity index (χ0) is 22.9. The van der Waals surface area contributed by atoms with E-state index in [0.29, 0.717) is 42.8 Å². The fraction of sp³-hybridized carbons (Fsp3) is 0.217. The molecule has 5 rings (SSSR count). The summed E-state index contributed by atoms with van der Waals surface area (Å²) in [6, 6.07) is 10.8. The molecule has 0 spiro atoms. The van der Waals surface area contributed by atoms with Crippen molar-refractivity contribution in [3.05, 3.63) is 71.4 Å². The van der Waals surface area contributed by atoms with E-state index in [4.69, 9.17) is 5.73 Å². The molecule has 0 bridgehead atoms. The van der Waals surface area contributed by atoms with Crippen molar-refractivity contribution in [2.75, 3.05) is 31.9 Å². The second-order valence-electron chi connectivity index (χ2n) is 7.77. The standard InChI is InChI=1S/C23H21F2N7O/c24-17-6-2-1-4-14(17)13-32-20-15(5-3-7-18(20)25)19(30-32)22-28-12-16(21(26)29-22)23(33)31-10-8-27-9-11-31/h1-7,12,27H,8-11,13H2,(H2,26,28,29). The van der Waals surface area contributed by atoms with Crippen LogP contribution in [0.25, 0.3) is 22.4 Å². The molecule has 0 atom stereocenters. The summed E-state index contributed by atoms with van der Waals surface area (Å²) >= 11 is 0. The van der Waals surface area contributed by atoms with Gasteiger partial charge in [0.15, 0.2) is 5.82 Å². The van der Waals surface area contributed by atoms with Crippen molar-refractivity contribution < 1.29 is 13.6 Å². The lowest BCUT2D eigenvalue weighted by molar-refractivity contribution is 0.0736. The smallest absolute Gasteiger partial charge is 0.259 e. The molecule has 1 saturated heterocycles. The van der Waals surface area contributed by atoms with Gasteiger partial charge in [-0.3, -0.25) is 9.48 Å². The number of nitrogens with two attached hydrogens (primary N) is 1. The minimum Gasteiger partial charge on any atom is -0.383 e. The summed E-state index contributed by atoms with van der Waals surface area (Å²) in [4.78, 5) is 23.1. The number of aromatic nitrogens is 4. The number of nitrogen functional groups attached to an aromatic ring is 1. The van der Waals surface area contributed by atoms with E-state index in [2.05, 4.69) is 20.4 Å². The lowest BCUT2D eigenvalue weighted by Crippen LogP contribution is -2.46. The van der Waals surface area contributed by atoms with E-state index in [9.17, 15) is 13.6 Å². The monoisotopic (exact) mass is 449 g/mol. The highest BCUT2D eigenvalue weighted by Gasteiger charge is 2.23. The number of nitrogens with one attached hydrogen (secondary N) is 1. The third-order valence-electron chi connectivity index (χ3n) is 5.66. The summed E-state index contributed by atoms with van der Waals surface area (Å²) in [6.45, 7) is 2.59. The van der Waals surface area contributed by atoms with Crippen LogP contribution in [0.15, 0.2) is 48.7 Å². The first kappa shape index (κ1) is 21.0. The molecule has 10 heteroatoms. The molecule has 8 nitrogen and oxygen atoms in total. The van der Waals surface area contributed by atoms with E-state index in [1.54, 1.807) is 35.2 Å². The first-order valence-corrected chi connectivity index (χ1v) is 10.5. The molecule has 0 aliphatic carbocycles. The molecular weight excluding hydrogens is 428 g/mol. The van der Waals surface area contributed by atoms with E-state index in [1.807, 2.05) is 0 Å². The molecule has 1 aliphatic rings. The zero-order valence-electron chi connectivity index (χ0n) is 17.6. The highest BCUT2D eigenvalue weighted by atomic mass is 19.1. The van der Waals surface area contributed by atoms with Gasteiger partial charge in [0, 0.05) is 43.3 Å². The van der Waals surface area contributed by atoms with Crippen molar-refractivity contribution in [3.63, 3.8) is 0 Å². The van der Waals surface area contributed by atoms with Gasteiger partial charge in [0.25, 0.3) is 5.91 Å². The molecule has 1 fully saturated rings. The fourth-order valence-electron chi connectivity index (χ4n) is 3.97. The molecule has 4 aromatic rings. The van der Waals surface area contributed by atoms with Gasteiger partial charge in [0.05, 0.1) is 6.54 Å². The number of piperazine rings is 1. The van der Waals surface area contributed by atoms with Crippen LogP contribution in [-0.4, -0.2) is 56.7 Å². The molecule has 1 amide bonds. The molecule has 1 aliphatic heterocycles. The molecule has 2 aromatic heterocycles. The maximum Gasteiger partial charge on any atom is 0.259 e. The Bertz CT molecular complexity index is 1350. The van der Waals surface area contributed by atoms with E-state index < -0.39 is 11.6 Å². The zero-order valence-corrected chi connectivity index (χ0v) is 17.6. The Morgan fingerprint density at radius 2 is 1.82 bits per heavy atom. The van der Waals surface area contributed by atoms with Crippen LogP contribution in [0.4, 0.5) is 14.6 Å². The van der Waals surface area contributed by atoms with Crippen molar-refractivity contribution >= 4 is 22.6 Å². The number of benzene rings is 2. The molecule has 0 unspecified atom stereocenters. The first-order chi connectivity index (χ1) is 16.0. The average molecular weight is 449 g/mol. The highest BCUT2D eigenvalue weighted by molar-refractivity contribution is 5.99. The van der Waals surface area contributed by atoms with Gasteiger partial charge in [-0.05, 0) is 12.1 Å². The Kier molecular flexibility index (Phi) is 5.43. The highest BCUT2D eigenvalue weighted by Crippen LogP contribution is 2.29. The fourth-order valence-corrected chi connectivity index (χ4v) is 3.97. The van der Waals surface area contributed by atoms with Crippen LogP contribution in [0.5, 0.6) is 0 Å². The van der Waals surface area contributed by atoms with Crippen molar-refractivity contribution in [1.82, 2.24) is 30.0 Å². The first-order valence-electron chi connectivity index (χ1n) is 10.5. The lowest BCUT2D eigenvalue weighted by atomic mass is 10.1. The molecule has 33 heavy (non-hydrogen) atoms. The number of halogens is 2. The van der Waals surface area contributed by atoms with E-state index in [0.717, 1.165) is 0 Å². The van der Waals surface area contributed by atoms with Gasteiger partial charge in [0.2, 0.25) is 0 Å². The van der Waals surface area contributed by atoms with Crippen molar-refractivity contribution in [2.24, 2.45) is 0 Å². The van der Waals surface area contributed by atoms with E-state index in [1.165, 1.54) is 23.0 Å². The Morgan fingerprint density at radius 3 is 2.58 bits per heavy atom. The second-order valence-corrected chi connectivity index (χ2v) is 7.77. The number of carbonyl (C=O) groups excluding carboxylic acids is 1. The molecule has 3 N–H and O–H groups in total. The van der Waals surface area contributed by atoms with Crippen LogP contribution in [-0.2, 0) is 6.54 Å². The average Bonchev–Trinajstić information content (AvgIpc) is 3.20. The third-order valence-corrected chi connectivity index (χ3v) is 5.66. The number of anilines is 1. The van der Waals surface area contributed by atoms with Crippen molar-refractivity contribution in [1.29, 1.82) is 0 Å². The number of nitrogens with zero attached hydrogens (tertiary/aromatic N) is 5. The number of hydrogen-bond acceptors (Lipinski definition) is 6. The summed E-state index contributed by atoms with van der Waals surface area (Å²) < 4.78 is 30.4. The number of para-hydroxylation sites is 1. The van der Waals surface area contributed by atoms with Crippen LogP contribution in [0.2, 0.25) is 0 Å². The number of amides is 1. The van der Waals surface area contributed by atoms with Crippen molar-refractivity contribution in [3.8, 4) is 11.5 Å². The Morgan fingerprint density at radius 1 is 1.06 bits per heavy atom. The van der Waals surface area contributed by atoms with Gasteiger partial charge < -0.3 is 16.0 Å². The summed E-state index contributed by atoms with van der Waals surface area (Å²) in [5.74, 6) is -0.957. The lowest BCUT2D eigenvalue weighted by Gasteiger charge is -2.27. The van der Waals surface area contributed by atoms with Crippen molar-refractivity contribution in [2.45, 2.75) is 6.54 Å². The molecule has 168 valence electrons. The largest absolute Gasteiger partial charge is 0.383 e. The van der Waals surface area contributed by atoms with E-state index >= 15 is 0 Å². The predicted octanol–water partition coefficient (Wildman–Crippen LogP) is 2.45. The summed E-state index contributed by atoms with van der Waals surface area (Å²) in [5.41, 5.74) is 7.20. The van der Waals surface area contributed by atoms with Crippen LogP contribution >= 0.6 is 0 Å². The molecular formula is C23H21F2N7O. The Labute approximate surface area is 188 Å². The maximum atomic E-state index is 14.8. The Hall–Kier alpha value is -3.92. The summed E-state index contributed by atoms with van der Waals surface area (Å²) in [6.07, 6.45) is 1.38. The van der Waals surface area contributed by atoms with Gasteiger partial charge in [-0.1, -0.05) is 30.3 Å². The van der Waals surface area contributed by atoms with Gasteiger partial charge in [-0.25, -0.2) is 18.7 Å².